The number of hydrogen-bond donors (Lipinski definition) is 0. The number of piperidine rings is 1. The lowest BCUT2D eigenvalue weighted by Gasteiger charge is -2.44. The molecule has 41 heavy (non-hydrogen) atoms. The van der Waals surface area contributed by atoms with E-state index in [1.165, 1.54) is 25.3 Å². The molecule has 0 spiro atoms. The van der Waals surface area contributed by atoms with Gasteiger partial charge in [-0.2, -0.15) is 39.5 Å². The molecule has 1 fully saturated rings. The molecule has 0 aliphatic carbocycles. The van der Waals surface area contributed by atoms with Crippen LogP contribution < -0.4 is 0 Å². The average molecular weight is 596 g/mol. The summed E-state index contributed by atoms with van der Waals surface area (Å²) in [6, 6.07) is 3.28. The van der Waals surface area contributed by atoms with Gasteiger partial charge in [0.1, 0.15) is 0 Å². The standard InChI is InChI=1S/C29H30F9NO2/c1-17(2)4-11-24(22-16-21(28(33,34)35)9-10-23(22)29(36,37)38)39-13-12-18(15-26(40)41-3)14-25(39)19-5-7-20(8-6-19)27(30,31)32/h4-11,16-18,24-25H,12-15H2,1-3H3/b11-4-/t18-,24?,25+/m1/s1. The number of methoxy groups -OCH3 is 1. The SMILES string of the molecule is COC(=O)C[C@@H]1CCN(C(/C=C\C(C)C)c2cc(C(F)(F)F)ccc2C(F)(F)F)[C@H](c2ccc(C(F)(F)F)cc2)C1. The van der Waals surface area contributed by atoms with E-state index in [-0.39, 0.29) is 31.2 Å². The highest BCUT2D eigenvalue weighted by atomic mass is 19.4. The molecule has 1 unspecified atom stereocenters. The summed E-state index contributed by atoms with van der Waals surface area (Å²) in [5, 5.41) is 0. The topological polar surface area (TPSA) is 29.5 Å². The Hall–Kier alpha value is -3.02. The fourth-order valence-electron chi connectivity index (χ4n) is 5.08. The van der Waals surface area contributed by atoms with Crippen molar-refractivity contribution >= 4 is 5.97 Å². The summed E-state index contributed by atoms with van der Waals surface area (Å²) in [6.07, 6.45) is -11.1. The number of carbonyl (C=O) groups is 1. The van der Waals surface area contributed by atoms with Crippen molar-refractivity contribution < 1.29 is 49.0 Å². The van der Waals surface area contributed by atoms with Gasteiger partial charge in [-0.3, -0.25) is 9.69 Å². The zero-order valence-electron chi connectivity index (χ0n) is 22.5. The van der Waals surface area contributed by atoms with Gasteiger partial charge < -0.3 is 4.74 Å². The summed E-state index contributed by atoms with van der Waals surface area (Å²) in [6.45, 7) is 3.56. The quantitative estimate of drug-likeness (QED) is 0.182. The molecule has 3 nitrogen and oxygen atoms in total. The molecule has 0 bridgehead atoms. The number of nitrogens with zero attached hydrogens (tertiary/aromatic N) is 1. The maximum Gasteiger partial charge on any atom is 0.416 e. The van der Waals surface area contributed by atoms with Crippen molar-refractivity contribution in [2.75, 3.05) is 13.7 Å². The molecule has 3 atom stereocenters. The number of carbonyl (C=O) groups excluding carboxylic acids is 1. The minimum atomic E-state index is -4.98. The number of rotatable bonds is 7. The highest BCUT2D eigenvalue weighted by Gasteiger charge is 2.42. The van der Waals surface area contributed by atoms with E-state index < -0.39 is 58.8 Å². The highest BCUT2D eigenvalue weighted by Crippen LogP contribution is 2.46. The molecule has 1 aliphatic heterocycles. The minimum absolute atomic E-state index is 0.0225. The van der Waals surface area contributed by atoms with E-state index in [1.54, 1.807) is 24.8 Å². The monoisotopic (exact) mass is 595 g/mol. The second-order valence-electron chi connectivity index (χ2n) is 10.4. The van der Waals surface area contributed by atoms with Crippen LogP contribution in [0.5, 0.6) is 0 Å². The average Bonchev–Trinajstić information content (AvgIpc) is 2.87. The van der Waals surface area contributed by atoms with Gasteiger partial charge in [-0.1, -0.05) is 38.1 Å². The molecule has 0 saturated carbocycles. The third-order valence-corrected chi connectivity index (χ3v) is 7.10. The first kappa shape index (κ1) is 32.5. The molecule has 2 aromatic carbocycles. The largest absolute Gasteiger partial charge is 0.469 e. The van der Waals surface area contributed by atoms with E-state index in [2.05, 4.69) is 0 Å². The van der Waals surface area contributed by atoms with Gasteiger partial charge in [0.05, 0.1) is 29.8 Å². The van der Waals surface area contributed by atoms with Crippen molar-refractivity contribution in [2.45, 2.75) is 63.7 Å². The molecular formula is C29H30F9NO2. The first-order chi connectivity index (χ1) is 18.9. The Morgan fingerprint density at radius 2 is 1.49 bits per heavy atom. The third-order valence-electron chi connectivity index (χ3n) is 7.10. The summed E-state index contributed by atoms with van der Waals surface area (Å²) in [5.41, 5.74) is -3.71. The van der Waals surface area contributed by atoms with Crippen LogP contribution in [0.15, 0.2) is 54.6 Å². The summed E-state index contributed by atoms with van der Waals surface area (Å²) >= 11 is 0. The van der Waals surface area contributed by atoms with E-state index in [0.29, 0.717) is 30.2 Å². The first-order valence-corrected chi connectivity index (χ1v) is 12.9. The molecule has 12 heteroatoms. The molecule has 1 saturated heterocycles. The van der Waals surface area contributed by atoms with Gasteiger partial charge in [-0.15, -0.1) is 0 Å². The highest BCUT2D eigenvalue weighted by molar-refractivity contribution is 5.69. The van der Waals surface area contributed by atoms with Crippen molar-refractivity contribution in [1.29, 1.82) is 0 Å². The number of alkyl halides is 9. The van der Waals surface area contributed by atoms with Crippen LogP contribution in [0.1, 0.15) is 73.0 Å². The molecular weight excluding hydrogens is 565 g/mol. The number of allylic oxidation sites excluding steroid dienone is 1. The van der Waals surface area contributed by atoms with Crippen LogP contribution in [-0.4, -0.2) is 24.5 Å². The fourth-order valence-corrected chi connectivity index (χ4v) is 5.08. The molecule has 1 aliphatic rings. The van der Waals surface area contributed by atoms with Crippen LogP contribution in [-0.2, 0) is 28.1 Å². The summed E-state index contributed by atoms with van der Waals surface area (Å²) in [7, 11) is 1.20. The van der Waals surface area contributed by atoms with Gasteiger partial charge in [0, 0.05) is 12.5 Å². The number of hydrogen-bond acceptors (Lipinski definition) is 3. The van der Waals surface area contributed by atoms with E-state index >= 15 is 0 Å². The van der Waals surface area contributed by atoms with Crippen molar-refractivity contribution in [3.8, 4) is 0 Å². The minimum Gasteiger partial charge on any atom is -0.469 e. The number of likely N-dealkylation sites (tertiary alicyclic amines) is 1. The molecule has 1 heterocycles. The normalized spacial score (nSPS) is 20.0. The van der Waals surface area contributed by atoms with Gasteiger partial charge in [0.15, 0.2) is 0 Å². The Labute approximate surface area is 232 Å². The fraction of sp³-hybridized carbons (Fsp3) is 0.483. The number of ether oxygens (including phenoxy) is 1. The molecule has 2 aromatic rings. The Morgan fingerprint density at radius 3 is 2.00 bits per heavy atom. The van der Waals surface area contributed by atoms with Crippen LogP contribution in [0.25, 0.3) is 0 Å². The molecule has 0 radical (unpaired) electrons. The Bertz CT molecular complexity index is 1210. The van der Waals surface area contributed by atoms with Gasteiger partial charge in [0.2, 0.25) is 0 Å². The number of benzene rings is 2. The van der Waals surface area contributed by atoms with Crippen molar-refractivity contribution in [3.05, 3.63) is 82.4 Å². The number of halogens is 9. The van der Waals surface area contributed by atoms with Crippen LogP contribution in [0.4, 0.5) is 39.5 Å². The maximum atomic E-state index is 14.1. The third kappa shape index (κ3) is 8.27. The first-order valence-electron chi connectivity index (χ1n) is 12.9. The Balaban J connectivity index is 2.20. The zero-order chi connectivity index (χ0) is 30.8. The lowest BCUT2D eigenvalue weighted by molar-refractivity contribution is -0.143. The number of esters is 1. The van der Waals surface area contributed by atoms with E-state index in [9.17, 15) is 44.3 Å². The van der Waals surface area contributed by atoms with Crippen molar-refractivity contribution in [2.24, 2.45) is 11.8 Å². The summed E-state index contributed by atoms with van der Waals surface area (Å²) in [5.74, 6) is -1.01. The summed E-state index contributed by atoms with van der Waals surface area (Å²) < 4.78 is 128. The van der Waals surface area contributed by atoms with Gasteiger partial charge in [0.25, 0.3) is 0 Å². The predicted molar refractivity (Wildman–Crippen MR) is 133 cm³/mol. The smallest absolute Gasteiger partial charge is 0.416 e. The molecule has 0 amide bonds. The Kier molecular flexibility index (Phi) is 9.88. The lowest BCUT2D eigenvalue weighted by atomic mass is 9.82. The van der Waals surface area contributed by atoms with Crippen molar-refractivity contribution in [1.82, 2.24) is 4.90 Å². The second-order valence-corrected chi connectivity index (χ2v) is 10.4. The zero-order valence-corrected chi connectivity index (χ0v) is 22.5. The lowest BCUT2D eigenvalue weighted by Crippen LogP contribution is -2.40. The summed E-state index contributed by atoms with van der Waals surface area (Å²) in [4.78, 5) is 13.5. The van der Waals surface area contributed by atoms with Crippen LogP contribution in [0.2, 0.25) is 0 Å². The van der Waals surface area contributed by atoms with E-state index in [4.69, 9.17) is 4.74 Å². The van der Waals surface area contributed by atoms with Crippen LogP contribution in [0, 0.1) is 11.8 Å². The van der Waals surface area contributed by atoms with Crippen LogP contribution in [0.3, 0.4) is 0 Å². The molecule has 226 valence electrons. The van der Waals surface area contributed by atoms with Gasteiger partial charge in [-0.25, -0.2) is 0 Å². The second kappa shape index (κ2) is 12.5. The van der Waals surface area contributed by atoms with E-state index in [0.717, 1.165) is 12.1 Å². The van der Waals surface area contributed by atoms with E-state index in [1.807, 2.05) is 0 Å². The Morgan fingerprint density at radius 1 is 0.902 bits per heavy atom. The van der Waals surface area contributed by atoms with Gasteiger partial charge in [-0.05, 0) is 72.7 Å². The molecule has 0 N–H and O–H groups in total. The van der Waals surface area contributed by atoms with Crippen LogP contribution >= 0.6 is 0 Å². The molecule has 3 rings (SSSR count). The predicted octanol–water partition coefficient (Wildman–Crippen LogP) is 9.01. The maximum absolute atomic E-state index is 14.1. The van der Waals surface area contributed by atoms with Gasteiger partial charge >= 0.3 is 24.5 Å². The molecule has 0 aromatic heterocycles. The van der Waals surface area contributed by atoms with Crippen molar-refractivity contribution in [3.63, 3.8) is 0 Å².